The minimum absolute atomic E-state index is 0.223. The molecule has 2 aromatic carbocycles. The number of nitrogens with one attached hydrogen (secondary N) is 2. The van der Waals surface area contributed by atoms with Gasteiger partial charge in [0.15, 0.2) is 0 Å². The Labute approximate surface area is 137 Å². The van der Waals surface area contributed by atoms with Crippen molar-refractivity contribution in [3.63, 3.8) is 0 Å². The van der Waals surface area contributed by atoms with Crippen molar-refractivity contribution in [3.8, 4) is 5.75 Å². The fraction of sp³-hybridized carbons (Fsp3) is 0.316. The van der Waals surface area contributed by atoms with E-state index in [0.29, 0.717) is 13.2 Å². The Morgan fingerprint density at radius 3 is 2.65 bits per heavy atom. The van der Waals surface area contributed by atoms with Crippen LogP contribution in [0.2, 0.25) is 0 Å². The summed E-state index contributed by atoms with van der Waals surface area (Å²) in [7, 11) is 0. The van der Waals surface area contributed by atoms with Crippen molar-refractivity contribution in [1.29, 1.82) is 0 Å². The summed E-state index contributed by atoms with van der Waals surface area (Å²) in [5.74, 6) is 0.834. The van der Waals surface area contributed by atoms with Gasteiger partial charge >= 0.3 is 6.03 Å². The Balaban J connectivity index is 1.73. The molecule has 0 aliphatic heterocycles. The van der Waals surface area contributed by atoms with E-state index in [1.54, 1.807) is 0 Å². The number of carbonyl (C=O) groups is 1. The van der Waals surface area contributed by atoms with Gasteiger partial charge in [0.05, 0.1) is 6.54 Å². The topological polar surface area (TPSA) is 50.4 Å². The van der Waals surface area contributed by atoms with Gasteiger partial charge in [0, 0.05) is 5.69 Å². The number of aryl methyl sites for hydroxylation is 3. The highest BCUT2D eigenvalue weighted by Crippen LogP contribution is 2.14. The van der Waals surface area contributed by atoms with Gasteiger partial charge in [-0.25, -0.2) is 4.79 Å². The van der Waals surface area contributed by atoms with E-state index in [4.69, 9.17) is 4.74 Å². The Kier molecular flexibility index (Phi) is 6.03. The number of urea groups is 1. The molecule has 2 amide bonds. The number of hydrogen-bond acceptors (Lipinski definition) is 2. The average Bonchev–Trinajstić information content (AvgIpc) is 2.55. The third-order valence-corrected chi connectivity index (χ3v) is 3.73. The summed E-state index contributed by atoms with van der Waals surface area (Å²) in [5, 5.41) is 5.61. The lowest BCUT2D eigenvalue weighted by Crippen LogP contribution is -2.32. The second kappa shape index (κ2) is 8.22. The van der Waals surface area contributed by atoms with Crippen LogP contribution in [0.3, 0.4) is 0 Å². The first-order chi connectivity index (χ1) is 11.1. The van der Waals surface area contributed by atoms with E-state index in [-0.39, 0.29) is 6.03 Å². The molecule has 0 unspecified atom stereocenters. The summed E-state index contributed by atoms with van der Waals surface area (Å²) >= 11 is 0. The molecule has 0 radical (unpaired) electrons. The zero-order valence-corrected chi connectivity index (χ0v) is 14.0. The maximum absolute atomic E-state index is 11.8. The smallest absolute Gasteiger partial charge is 0.319 e. The van der Waals surface area contributed by atoms with Crippen molar-refractivity contribution in [3.05, 3.63) is 59.2 Å². The standard InChI is InChI=1S/C19H24N2O2/c1-4-16-6-5-7-18(13-16)23-11-10-20-19(22)21-17-9-8-14(2)15(3)12-17/h5-9,12-13H,4,10-11H2,1-3H3,(H2,20,21,22). The van der Waals surface area contributed by atoms with Crippen molar-refractivity contribution >= 4 is 11.7 Å². The van der Waals surface area contributed by atoms with Gasteiger partial charge in [-0.15, -0.1) is 0 Å². The molecule has 0 aliphatic rings. The minimum Gasteiger partial charge on any atom is -0.492 e. The van der Waals surface area contributed by atoms with Crippen LogP contribution >= 0.6 is 0 Å². The second-order valence-electron chi connectivity index (χ2n) is 5.53. The normalized spacial score (nSPS) is 10.2. The molecule has 4 nitrogen and oxygen atoms in total. The predicted octanol–water partition coefficient (Wildman–Crippen LogP) is 4.07. The number of amides is 2. The number of anilines is 1. The van der Waals surface area contributed by atoms with Crippen LogP contribution in [0.15, 0.2) is 42.5 Å². The van der Waals surface area contributed by atoms with Crippen molar-refractivity contribution in [2.24, 2.45) is 0 Å². The van der Waals surface area contributed by atoms with Gasteiger partial charge < -0.3 is 15.4 Å². The number of hydrogen-bond donors (Lipinski definition) is 2. The lowest BCUT2D eigenvalue weighted by Gasteiger charge is -2.10. The summed E-state index contributed by atoms with van der Waals surface area (Å²) in [6.45, 7) is 7.07. The van der Waals surface area contributed by atoms with E-state index < -0.39 is 0 Å². The van der Waals surface area contributed by atoms with E-state index >= 15 is 0 Å². The molecule has 0 aromatic heterocycles. The van der Waals surface area contributed by atoms with Crippen molar-refractivity contribution < 1.29 is 9.53 Å². The molecule has 2 N–H and O–H groups in total. The van der Waals surface area contributed by atoms with Crippen LogP contribution in [0.5, 0.6) is 5.75 Å². The van der Waals surface area contributed by atoms with Crippen molar-refractivity contribution in [2.45, 2.75) is 27.2 Å². The molecule has 23 heavy (non-hydrogen) atoms. The highest BCUT2D eigenvalue weighted by molar-refractivity contribution is 5.89. The van der Waals surface area contributed by atoms with Gasteiger partial charge in [-0.2, -0.15) is 0 Å². The number of carbonyl (C=O) groups excluding carboxylic acids is 1. The van der Waals surface area contributed by atoms with Gasteiger partial charge in [0.25, 0.3) is 0 Å². The third-order valence-electron chi connectivity index (χ3n) is 3.73. The number of benzene rings is 2. The van der Waals surface area contributed by atoms with Crippen LogP contribution < -0.4 is 15.4 Å². The molecule has 0 bridgehead atoms. The molecule has 0 saturated carbocycles. The number of ether oxygens (including phenoxy) is 1. The van der Waals surface area contributed by atoms with Crippen LogP contribution in [-0.2, 0) is 6.42 Å². The molecule has 4 heteroatoms. The van der Waals surface area contributed by atoms with Gasteiger partial charge in [-0.05, 0) is 61.2 Å². The highest BCUT2D eigenvalue weighted by atomic mass is 16.5. The summed E-state index contributed by atoms with van der Waals surface area (Å²) in [5.41, 5.74) is 4.39. The lowest BCUT2D eigenvalue weighted by atomic mass is 10.1. The quantitative estimate of drug-likeness (QED) is 0.790. The number of rotatable bonds is 6. The first-order valence-corrected chi connectivity index (χ1v) is 7.92. The maximum Gasteiger partial charge on any atom is 0.319 e. The average molecular weight is 312 g/mol. The molecule has 2 aromatic rings. The minimum atomic E-state index is -0.223. The molecule has 2 rings (SSSR count). The van der Waals surface area contributed by atoms with Crippen LogP contribution in [0.25, 0.3) is 0 Å². The highest BCUT2D eigenvalue weighted by Gasteiger charge is 2.02. The molecule has 0 atom stereocenters. The summed E-state index contributed by atoms with van der Waals surface area (Å²) in [4.78, 5) is 11.8. The zero-order chi connectivity index (χ0) is 16.7. The third kappa shape index (κ3) is 5.33. The van der Waals surface area contributed by atoms with E-state index in [0.717, 1.165) is 23.4 Å². The summed E-state index contributed by atoms with van der Waals surface area (Å²) < 4.78 is 5.64. The molecule has 0 aliphatic carbocycles. The Morgan fingerprint density at radius 1 is 1.09 bits per heavy atom. The molecule has 0 saturated heterocycles. The van der Waals surface area contributed by atoms with Crippen LogP contribution in [0, 0.1) is 13.8 Å². The van der Waals surface area contributed by atoms with E-state index in [2.05, 4.69) is 23.6 Å². The fourth-order valence-electron chi connectivity index (χ4n) is 2.18. The monoisotopic (exact) mass is 312 g/mol. The van der Waals surface area contributed by atoms with Crippen LogP contribution in [0.4, 0.5) is 10.5 Å². The molecule has 0 heterocycles. The molecular weight excluding hydrogens is 288 g/mol. The summed E-state index contributed by atoms with van der Waals surface area (Å²) in [6.07, 6.45) is 0.980. The van der Waals surface area contributed by atoms with E-state index in [1.165, 1.54) is 11.1 Å². The van der Waals surface area contributed by atoms with Gasteiger partial charge in [-0.3, -0.25) is 0 Å². The van der Waals surface area contributed by atoms with Crippen LogP contribution in [-0.4, -0.2) is 19.2 Å². The second-order valence-corrected chi connectivity index (χ2v) is 5.53. The van der Waals surface area contributed by atoms with Crippen LogP contribution in [0.1, 0.15) is 23.6 Å². The van der Waals surface area contributed by atoms with Crippen molar-refractivity contribution in [1.82, 2.24) is 5.32 Å². The molecular formula is C19H24N2O2. The fourth-order valence-corrected chi connectivity index (χ4v) is 2.18. The summed E-state index contributed by atoms with van der Waals surface area (Å²) in [6, 6.07) is 13.6. The predicted molar refractivity (Wildman–Crippen MR) is 94.3 cm³/mol. The van der Waals surface area contributed by atoms with E-state index in [1.807, 2.05) is 50.2 Å². The van der Waals surface area contributed by atoms with Gasteiger partial charge in [0.1, 0.15) is 12.4 Å². The largest absolute Gasteiger partial charge is 0.492 e. The molecule has 122 valence electrons. The lowest BCUT2D eigenvalue weighted by molar-refractivity contribution is 0.247. The Bertz CT molecular complexity index is 668. The first kappa shape index (κ1) is 16.9. The SMILES string of the molecule is CCc1cccc(OCCNC(=O)Nc2ccc(C)c(C)c2)c1. The van der Waals surface area contributed by atoms with Gasteiger partial charge in [0.2, 0.25) is 0 Å². The molecule has 0 fully saturated rings. The van der Waals surface area contributed by atoms with Crippen molar-refractivity contribution in [2.75, 3.05) is 18.5 Å². The Hall–Kier alpha value is -2.49. The maximum atomic E-state index is 11.8. The zero-order valence-electron chi connectivity index (χ0n) is 14.0. The van der Waals surface area contributed by atoms with E-state index in [9.17, 15) is 4.79 Å². The Morgan fingerprint density at radius 2 is 1.91 bits per heavy atom. The first-order valence-electron chi connectivity index (χ1n) is 7.92. The molecule has 0 spiro atoms. The van der Waals surface area contributed by atoms with Gasteiger partial charge in [-0.1, -0.05) is 25.1 Å².